The van der Waals surface area contributed by atoms with Gasteiger partial charge in [-0.05, 0) is 96.7 Å². The maximum atomic E-state index is 14.7. The summed E-state index contributed by atoms with van der Waals surface area (Å²) in [7, 11) is 3.13. The Morgan fingerprint density at radius 2 is 1.79 bits per heavy atom. The maximum absolute atomic E-state index is 14.7. The monoisotopic (exact) mass is 933 g/mol. The molecule has 16 nitrogen and oxygen atoms in total. The van der Waals surface area contributed by atoms with E-state index in [4.69, 9.17) is 14.5 Å². The molecule has 1 unspecified atom stereocenters. The van der Waals surface area contributed by atoms with Crippen LogP contribution >= 0.6 is 0 Å². The predicted molar refractivity (Wildman–Crippen MR) is 258 cm³/mol. The fourth-order valence-electron chi connectivity index (χ4n) is 10.3. The lowest BCUT2D eigenvalue weighted by atomic mass is 9.83. The standard InChI is InChI=1S/C52H68N8O8/c1-10-58-42-16-15-33-23-38(42)39(47(58)37-13-11-17-53-45(37)30(2)3)24-52(6,7)29-68-51(66)40-14-12-18-60(55-40)49(64)41(21-32-19-34(33)22-36(61)20-32)54-48(63)46(31(4)5)57(9)44(62)26-56(8)50(65)43-25-59(43)35-27-67-28-35/h11,13,15-17,19-20,22-23,30-31,35,40-41,43,46,55,61H,10,12,14,18,21,24-29H2,1-9H3,(H,54,63)/t40-,41-,43+,46-,59?/m0/s1. The third-order valence-corrected chi connectivity index (χ3v) is 14.0. The van der Waals surface area contributed by atoms with Crippen molar-refractivity contribution in [3.63, 3.8) is 0 Å². The molecular weight excluding hydrogens is 865 g/mol. The van der Waals surface area contributed by atoms with E-state index < -0.39 is 47.2 Å². The van der Waals surface area contributed by atoms with Crippen LogP contribution in [0.15, 0.2) is 54.7 Å². The van der Waals surface area contributed by atoms with E-state index >= 15 is 0 Å². The summed E-state index contributed by atoms with van der Waals surface area (Å²) in [5.41, 5.74) is 10.0. The van der Waals surface area contributed by atoms with Crippen LogP contribution in [0.3, 0.4) is 0 Å². The molecule has 0 spiro atoms. The smallest absolute Gasteiger partial charge is 0.324 e. The number of carbonyl (C=O) groups is 5. The van der Waals surface area contributed by atoms with Crippen molar-refractivity contribution in [1.82, 2.24) is 40.0 Å². The summed E-state index contributed by atoms with van der Waals surface area (Å²) in [6.45, 7) is 16.9. The first-order valence-electron chi connectivity index (χ1n) is 24.2. The van der Waals surface area contributed by atoms with E-state index in [9.17, 15) is 29.1 Å². The van der Waals surface area contributed by atoms with Gasteiger partial charge in [-0.1, -0.05) is 53.7 Å². The molecule has 3 saturated heterocycles. The quantitative estimate of drug-likeness (QED) is 0.138. The van der Waals surface area contributed by atoms with E-state index in [2.05, 4.69) is 73.0 Å². The van der Waals surface area contributed by atoms with Crippen molar-refractivity contribution in [3.05, 3.63) is 71.5 Å². The summed E-state index contributed by atoms with van der Waals surface area (Å²) < 4.78 is 13.7. The molecule has 364 valence electrons. The first-order valence-corrected chi connectivity index (χ1v) is 24.2. The molecule has 0 radical (unpaired) electrons. The first-order chi connectivity index (χ1) is 32.3. The van der Waals surface area contributed by atoms with Gasteiger partial charge in [0.15, 0.2) is 0 Å². The number of cyclic esters (lactones) is 1. The highest BCUT2D eigenvalue weighted by atomic mass is 16.5. The molecule has 5 atom stereocenters. The lowest BCUT2D eigenvalue weighted by Crippen LogP contribution is -2.62. The van der Waals surface area contributed by atoms with Crippen molar-refractivity contribution in [2.45, 2.75) is 117 Å². The number of aromatic nitrogens is 2. The van der Waals surface area contributed by atoms with Gasteiger partial charge in [0.05, 0.1) is 43.8 Å². The number of rotatable bonds is 11. The molecule has 68 heavy (non-hydrogen) atoms. The van der Waals surface area contributed by atoms with Gasteiger partial charge in [0.1, 0.15) is 29.9 Å². The fraction of sp³-hybridized carbons (Fsp3) is 0.538. The molecule has 0 saturated carbocycles. The van der Waals surface area contributed by atoms with Crippen molar-refractivity contribution in [2.24, 2.45) is 11.3 Å². The van der Waals surface area contributed by atoms with Crippen LogP contribution in [-0.4, -0.2) is 148 Å². The zero-order chi connectivity index (χ0) is 48.8. The molecule has 8 rings (SSSR count). The molecule has 4 aliphatic heterocycles. The molecule has 16 heteroatoms. The Morgan fingerprint density at radius 3 is 2.49 bits per heavy atom. The Balaban J connectivity index is 1.14. The Kier molecular flexibility index (Phi) is 14.0. The number of nitrogens with one attached hydrogen (secondary N) is 2. The van der Waals surface area contributed by atoms with Crippen LogP contribution in [0, 0.1) is 11.3 Å². The molecule has 6 bridgehead atoms. The molecule has 4 aliphatic rings. The van der Waals surface area contributed by atoms with Gasteiger partial charge in [-0.2, -0.15) is 0 Å². The average Bonchev–Trinajstić information content (AvgIpc) is 4.00. The lowest BCUT2D eigenvalue weighted by molar-refractivity contribution is -0.155. The number of hydrazine groups is 1. The number of hydrogen-bond acceptors (Lipinski definition) is 11. The van der Waals surface area contributed by atoms with Crippen LogP contribution in [0.5, 0.6) is 5.75 Å². The summed E-state index contributed by atoms with van der Waals surface area (Å²) in [6, 6.07) is 12.6. The minimum Gasteiger partial charge on any atom is -0.508 e. The second kappa shape index (κ2) is 19.6. The average molecular weight is 933 g/mol. The number of phenols is 1. The molecule has 0 aliphatic carbocycles. The van der Waals surface area contributed by atoms with E-state index in [1.807, 2.05) is 38.2 Å². The number of amides is 4. The molecular formula is C52H68N8O8. The van der Waals surface area contributed by atoms with Gasteiger partial charge in [-0.3, -0.25) is 38.9 Å². The number of carbonyl (C=O) groups excluding carboxylic acids is 5. The van der Waals surface area contributed by atoms with E-state index in [-0.39, 0.29) is 61.7 Å². The highest BCUT2D eigenvalue weighted by Crippen LogP contribution is 2.42. The Bertz CT molecular complexity index is 2580. The number of nitrogens with zero attached hydrogens (tertiary/aromatic N) is 6. The van der Waals surface area contributed by atoms with Gasteiger partial charge in [0.25, 0.3) is 5.91 Å². The van der Waals surface area contributed by atoms with Gasteiger partial charge >= 0.3 is 5.97 Å². The topological polar surface area (TPSA) is 179 Å². The molecule has 3 fully saturated rings. The number of hydrogen-bond donors (Lipinski definition) is 3. The van der Waals surface area contributed by atoms with Crippen LogP contribution in [0.1, 0.15) is 84.0 Å². The fourth-order valence-corrected chi connectivity index (χ4v) is 10.3. The second-order valence-electron chi connectivity index (χ2n) is 20.6. The molecule has 4 amide bonds. The second-order valence-corrected chi connectivity index (χ2v) is 20.6. The largest absolute Gasteiger partial charge is 0.508 e. The Morgan fingerprint density at radius 1 is 1.03 bits per heavy atom. The molecule has 6 heterocycles. The number of benzene rings is 2. The summed E-state index contributed by atoms with van der Waals surface area (Å²) in [5, 5.41) is 16.7. The summed E-state index contributed by atoms with van der Waals surface area (Å²) in [5.74, 6) is -2.31. The van der Waals surface area contributed by atoms with Crippen molar-refractivity contribution < 1.29 is 38.6 Å². The maximum Gasteiger partial charge on any atom is 0.324 e. The van der Waals surface area contributed by atoms with Crippen molar-refractivity contribution in [2.75, 3.05) is 53.6 Å². The van der Waals surface area contributed by atoms with Crippen LogP contribution in [-0.2, 0) is 52.8 Å². The Hall–Kier alpha value is -5.84. The lowest BCUT2D eigenvalue weighted by Gasteiger charge is -2.37. The minimum absolute atomic E-state index is 0.00654. The van der Waals surface area contributed by atoms with Gasteiger partial charge in [0, 0.05) is 68.2 Å². The van der Waals surface area contributed by atoms with Crippen LogP contribution in [0.25, 0.3) is 33.3 Å². The number of pyridine rings is 1. The van der Waals surface area contributed by atoms with Crippen molar-refractivity contribution in [3.8, 4) is 28.1 Å². The van der Waals surface area contributed by atoms with Gasteiger partial charge < -0.3 is 34.3 Å². The third kappa shape index (κ3) is 9.99. The molecule has 2 aromatic heterocycles. The number of aromatic hydroxyl groups is 1. The normalized spacial score (nSPS) is 22.3. The van der Waals surface area contributed by atoms with Gasteiger partial charge in [-0.25, -0.2) is 5.43 Å². The summed E-state index contributed by atoms with van der Waals surface area (Å²) >= 11 is 0. The minimum atomic E-state index is -1.17. The molecule has 2 aromatic carbocycles. The van der Waals surface area contributed by atoms with Crippen LogP contribution in [0.4, 0.5) is 0 Å². The Labute approximate surface area is 399 Å². The van der Waals surface area contributed by atoms with E-state index in [0.29, 0.717) is 51.1 Å². The number of fused-ring (bicyclic) bond motifs is 6. The summed E-state index contributed by atoms with van der Waals surface area (Å²) in [4.78, 5) is 79.9. The highest BCUT2D eigenvalue weighted by molar-refractivity contribution is 5.96. The molecule has 4 aromatic rings. The number of phenolic OH excluding ortho intramolecular Hbond substituents is 1. The van der Waals surface area contributed by atoms with Crippen LogP contribution in [0.2, 0.25) is 0 Å². The number of likely N-dealkylation sites (N-methyl/N-ethyl adjacent to an activating group) is 2. The van der Waals surface area contributed by atoms with E-state index in [1.165, 1.54) is 21.9 Å². The first kappa shape index (κ1) is 48.6. The third-order valence-electron chi connectivity index (χ3n) is 14.0. The predicted octanol–water partition coefficient (Wildman–Crippen LogP) is 4.89. The van der Waals surface area contributed by atoms with Crippen molar-refractivity contribution in [1.29, 1.82) is 0 Å². The zero-order valence-corrected chi connectivity index (χ0v) is 41.0. The number of ether oxygens (including phenoxy) is 2. The van der Waals surface area contributed by atoms with E-state index in [0.717, 1.165) is 44.5 Å². The SMILES string of the molecule is CCn1c(-c2cccnc2C(C)C)c2c3cc(ccc31)-c1cc(O)cc(c1)C[C@H](NC(=O)[C@H](C(C)C)N(C)C(=O)CN(C)C(=O)[C@H]1CN1C1COC1)C(=O)N1CCC[C@H](N1)C(=O)OCC(C)(C)C2. The van der Waals surface area contributed by atoms with Crippen LogP contribution < -0.4 is 10.7 Å². The highest BCUT2D eigenvalue weighted by Gasteiger charge is 2.48. The molecule has 3 N–H and O–H groups in total. The van der Waals surface area contributed by atoms with Gasteiger partial charge in [-0.15, -0.1) is 0 Å². The van der Waals surface area contributed by atoms with E-state index in [1.54, 1.807) is 19.2 Å². The number of esters is 1. The number of aryl methyl sites for hydroxylation is 1. The zero-order valence-electron chi connectivity index (χ0n) is 41.0. The van der Waals surface area contributed by atoms with Gasteiger partial charge in [0.2, 0.25) is 17.7 Å². The van der Waals surface area contributed by atoms with Crippen molar-refractivity contribution >= 4 is 40.5 Å². The summed E-state index contributed by atoms with van der Waals surface area (Å²) in [6.07, 6.45) is 3.35.